The van der Waals surface area contributed by atoms with E-state index >= 15 is 0 Å². The minimum absolute atomic E-state index is 0.00778. The van der Waals surface area contributed by atoms with Gasteiger partial charge in [0.1, 0.15) is 11.3 Å². The number of piperidine rings is 1. The van der Waals surface area contributed by atoms with Gasteiger partial charge in [0.15, 0.2) is 0 Å². The van der Waals surface area contributed by atoms with Gasteiger partial charge in [-0.1, -0.05) is 41.9 Å². The van der Waals surface area contributed by atoms with E-state index in [9.17, 15) is 19.7 Å². The van der Waals surface area contributed by atoms with Crippen molar-refractivity contribution in [2.45, 2.75) is 32.1 Å². The summed E-state index contributed by atoms with van der Waals surface area (Å²) in [5, 5.41) is 14.4. The molecule has 0 unspecified atom stereocenters. The minimum Gasteiger partial charge on any atom is -0.496 e. The summed E-state index contributed by atoms with van der Waals surface area (Å²) in [6, 6.07) is 17.7. The molecule has 0 aliphatic carbocycles. The van der Waals surface area contributed by atoms with Gasteiger partial charge < -0.3 is 15.0 Å². The van der Waals surface area contributed by atoms with E-state index in [1.54, 1.807) is 37.3 Å². The Labute approximate surface area is 220 Å². The Morgan fingerprint density at radius 2 is 1.81 bits per heavy atom. The molecule has 0 spiro atoms. The summed E-state index contributed by atoms with van der Waals surface area (Å²) in [7, 11) is 1.52. The molecule has 37 heavy (non-hydrogen) atoms. The van der Waals surface area contributed by atoms with Crippen LogP contribution in [0.25, 0.3) is 0 Å². The van der Waals surface area contributed by atoms with Gasteiger partial charge in [0, 0.05) is 30.4 Å². The van der Waals surface area contributed by atoms with Crippen molar-refractivity contribution in [3.05, 3.63) is 98.1 Å². The number of carbonyl (C=O) groups is 2. The molecule has 192 valence electrons. The number of nitro benzene ring substituents is 1. The molecule has 3 aromatic rings. The van der Waals surface area contributed by atoms with Crippen LogP contribution < -0.4 is 10.1 Å². The molecule has 4 rings (SSSR count). The number of nitrogens with one attached hydrogen (secondary N) is 1. The smallest absolute Gasteiger partial charge is 0.272 e. The number of hydrogen-bond acceptors (Lipinski definition) is 5. The summed E-state index contributed by atoms with van der Waals surface area (Å²) in [5.41, 5.74) is 3.35. The molecule has 3 aromatic carbocycles. The molecule has 0 saturated carbocycles. The lowest BCUT2D eigenvalue weighted by atomic mass is 9.89. The summed E-state index contributed by atoms with van der Waals surface area (Å²) < 4.78 is 5.33. The Morgan fingerprint density at radius 1 is 1.11 bits per heavy atom. The zero-order chi connectivity index (χ0) is 26.5. The highest BCUT2D eigenvalue weighted by Crippen LogP contribution is 2.32. The fourth-order valence-electron chi connectivity index (χ4n) is 4.65. The first-order chi connectivity index (χ1) is 17.8. The molecule has 1 fully saturated rings. The highest BCUT2D eigenvalue weighted by molar-refractivity contribution is 6.34. The molecule has 0 aromatic heterocycles. The molecule has 0 bridgehead atoms. The van der Waals surface area contributed by atoms with Crippen molar-refractivity contribution in [3.63, 3.8) is 0 Å². The van der Waals surface area contributed by atoms with E-state index in [0.717, 1.165) is 18.4 Å². The number of hydrogen-bond donors (Lipinski definition) is 1. The molecule has 8 nitrogen and oxygen atoms in total. The average molecular weight is 522 g/mol. The third kappa shape index (κ3) is 6.09. The molecule has 1 heterocycles. The molecule has 9 heteroatoms. The van der Waals surface area contributed by atoms with Gasteiger partial charge in [-0.15, -0.1) is 0 Å². The van der Waals surface area contributed by atoms with Crippen molar-refractivity contribution >= 4 is 34.8 Å². The predicted octanol–water partition coefficient (Wildman–Crippen LogP) is 5.77. The first-order valence-electron chi connectivity index (χ1n) is 12.0. The Morgan fingerprint density at radius 3 is 2.46 bits per heavy atom. The van der Waals surface area contributed by atoms with Gasteiger partial charge in [0.25, 0.3) is 11.6 Å². The van der Waals surface area contributed by atoms with Gasteiger partial charge in [-0.3, -0.25) is 19.7 Å². The van der Waals surface area contributed by atoms with Crippen LogP contribution in [0.5, 0.6) is 5.75 Å². The van der Waals surface area contributed by atoms with Gasteiger partial charge in [0.2, 0.25) is 5.91 Å². The first kappa shape index (κ1) is 26.2. The fraction of sp³-hybridized carbons (Fsp3) is 0.286. The Bertz CT molecular complexity index is 1320. The van der Waals surface area contributed by atoms with Crippen LogP contribution >= 0.6 is 11.6 Å². The normalized spacial score (nSPS) is 13.8. The second-order valence-electron chi connectivity index (χ2n) is 9.11. The standard InChI is InChI=1S/C28H28ClN3O5/c1-18-6-7-19(16-24(18)32(35)36)17-26(33)30-22-10-8-20(9-11-22)21-12-14-31(15-13-21)28(34)27-23(29)4-3-5-25(27)37-2/h3-11,16,21H,12-15,17H2,1-2H3,(H,30,33). The molecule has 1 saturated heterocycles. The van der Waals surface area contributed by atoms with Crippen LogP contribution in [0, 0.1) is 17.0 Å². The number of halogens is 1. The number of anilines is 1. The maximum Gasteiger partial charge on any atom is 0.272 e. The van der Waals surface area contributed by atoms with E-state index in [1.165, 1.54) is 13.2 Å². The summed E-state index contributed by atoms with van der Waals surface area (Å²) in [6.07, 6.45) is 1.68. The van der Waals surface area contributed by atoms with Crippen LogP contribution in [0.4, 0.5) is 11.4 Å². The maximum atomic E-state index is 13.1. The fourth-order valence-corrected chi connectivity index (χ4v) is 4.89. The van der Waals surface area contributed by atoms with Crippen molar-refractivity contribution in [2.75, 3.05) is 25.5 Å². The van der Waals surface area contributed by atoms with E-state index in [1.807, 2.05) is 29.2 Å². The summed E-state index contributed by atoms with van der Waals surface area (Å²) >= 11 is 6.28. The Kier molecular flexibility index (Phi) is 8.08. The second-order valence-corrected chi connectivity index (χ2v) is 9.52. The van der Waals surface area contributed by atoms with Crippen molar-refractivity contribution in [1.29, 1.82) is 0 Å². The van der Waals surface area contributed by atoms with Crippen LogP contribution in [-0.2, 0) is 11.2 Å². The number of likely N-dealkylation sites (tertiary alicyclic amines) is 1. The van der Waals surface area contributed by atoms with Gasteiger partial charge >= 0.3 is 0 Å². The van der Waals surface area contributed by atoms with E-state index in [4.69, 9.17) is 16.3 Å². The number of aryl methyl sites for hydroxylation is 1. The van der Waals surface area contributed by atoms with Crippen LogP contribution in [0.1, 0.15) is 45.8 Å². The number of rotatable bonds is 7. The molecule has 2 amide bonds. The van der Waals surface area contributed by atoms with Crippen LogP contribution in [0.2, 0.25) is 5.02 Å². The quantitative estimate of drug-likeness (QED) is 0.314. The minimum atomic E-state index is -0.441. The average Bonchev–Trinajstić information content (AvgIpc) is 2.89. The van der Waals surface area contributed by atoms with Crippen LogP contribution in [0.15, 0.2) is 60.7 Å². The number of nitrogens with zero attached hydrogens (tertiary/aromatic N) is 2. The first-order valence-corrected chi connectivity index (χ1v) is 12.4. The molecule has 1 N–H and O–H groups in total. The van der Waals surface area contributed by atoms with Gasteiger partial charge in [-0.2, -0.15) is 0 Å². The maximum absolute atomic E-state index is 13.1. The number of ether oxygens (including phenoxy) is 1. The van der Waals surface area contributed by atoms with E-state index in [-0.39, 0.29) is 23.9 Å². The van der Waals surface area contributed by atoms with E-state index in [2.05, 4.69) is 5.32 Å². The largest absolute Gasteiger partial charge is 0.496 e. The molecule has 0 atom stereocenters. The number of amides is 2. The Hall–Kier alpha value is -3.91. The van der Waals surface area contributed by atoms with Crippen molar-refractivity contribution in [1.82, 2.24) is 4.90 Å². The predicted molar refractivity (Wildman–Crippen MR) is 142 cm³/mol. The molecular formula is C28H28ClN3O5. The lowest BCUT2D eigenvalue weighted by Gasteiger charge is -2.32. The van der Waals surface area contributed by atoms with Crippen LogP contribution in [-0.4, -0.2) is 41.8 Å². The molecule has 1 aliphatic heterocycles. The molecular weight excluding hydrogens is 494 g/mol. The lowest BCUT2D eigenvalue weighted by molar-refractivity contribution is -0.385. The molecule has 0 radical (unpaired) electrons. The Balaban J connectivity index is 1.33. The zero-order valence-corrected chi connectivity index (χ0v) is 21.5. The third-order valence-electron chi connectivity index (χ3n) is 6.69. The highest BCUT2D eigenvalue weighted by atomic mass is 35.5. The third-order valence-corrected chi connectivity index (χ3v) is 7.01. The van der Waals surface area contributed by atoms with Crippen LogP contribution in [0.3, 0.4) is 0 Å². The molecule has 1 aliphatic rings. The van der Waals surface area contributed by atoms with Crippen molar-refractivity contribution in [2.24, 2.45) is 0 Å². The lowest BCUT2D eigenvalue weighted by Crippen LogP contribution is -2.38. The number of benzene rings is 3. The monoisotopic (exact) mass is 521 g/mol. The topological polar surface area (TPSA) is 102 Å². The van der Waals surface area contributed by atoms with Crippen molar-refractivity contribution in [3.8, 4) is 5.75 Å². The summed E-state index contributed by atoms with van der Waals surface area (Å²) in [6.45, 7) is 2.89. The highest BCUT2D eigenvalue weighted by Gasteiger charge is 2.27. The van der Waals surface area contributed by atoms with Crippen molar-refractivity contribution < 1.29 is 19.2 Å². The number of nitro groups is 1. The second kappa shape index (κ2) is 11.4. The number of methoxy groups -OCH3 is 1. The van der Waals surface area contributed by atoms with E-state index < -0.39 is 4.92 Å². The van der Waals surface area contributed by atoms with Gasteiger partial charge in [-0.25, -0.2) is 0 Å². The van der Waals surface area contributed by atoms with E-state index in [0.29, 0.717) is 52.2 Å². The zero-order valence-electron chi connectivity index (χ0n) is 20.7. The SMILES string of the molecule is COc1cccc(Cl)c1C(=O)N1CCC(c2ccc(NC(=O)Cc3ccc(C)c([N+](=O)[O-])c3)cc2)CC1. The van der Waals surface area contributed by atoms with Gasteiger partial charge in [0.05, 0.1) is 23.5 Å². The summed E-state index contributed by atoms with van der Waals surface area (Å²) in [4.78, 5) is 38.1. The van der Waals surface area contributed by atoms with Gasteiger partial charge in [-0.05, 0) is 61.1 Å². The summed E-state index contributed by atoms with van der Waals surface area (Å²) in [5.74, 6) is 0.401. The number of carbonyl (C=O) groups excluding carboxylic acids is 2.